The van der Waals surface area contributed by atoms with Gasteiger partial charge in [0.05, 0.1) is 35.6 Å². The molecular formula is C25H31N3O5S. The standard InChI is InChI=1S/C25H31N3O5S/c1-32-24-15-26-23(14-27-24)28-25(29)21(12-16-8-10-33-11-9-16)18-4-7-22(20(13-18)17-2-3-17)34(30,31)19-5-6-19/h4,7,13-17,19,21H,2-3,5-6,8-12H2,1H3,(H,26,28,29)/t21-/m1/s1. The van der Waals surface area contributed by atoms with Gasteiger partial charge in [0.1, 0.15) is 0 Å². The van der Waals surface area contributed by atoms with E-state index in [1.165, 1.54) is 19.5 Å². The van der Waals surface area contributed by atoms with Crippen molar-refractivity contribution in [2.24, 2.45) is 5.92 Å². The second-order valence-electron chi connectivity index (χ2n) is 9.59. The Morgan fingerprint density at radius 3 is 2.50 bits per heavy atom. The number of carbonyl (C=O) groups is 1. The van der Waals surface area contributed by atoms with Gasteiger partial charge in [0.15, 0.2) is 15.7 Å². The topological polar surface area (TPSA) is 107 Å². The van der Waals surface area contributed by atoms with Gasteiger partial charge in [-0.15, -0.1) is 0 Å². The minimum Gasteiger partial charge on any atom is -0.480 e. The lowest BCUT2D eigenvalue weighted by atomic mass is 9.83. The summed E-state index contributed by atoms with van der Waals surface area (Å²) in [6.07, 6.45) is 8.92. The maximum absolute atomic E-state index is 13.5. The Bertz CT molecular complexity index is 1140. The lowest BCUT2D eigenvalue weighted by Gasteiger charge is -2.27. The molecule has 1 amide bonds. The fourth-order valence-electron chi connectivity index (χ4n) is 4.72. The molecule has 34 heavy (non-hydrogen) atoms. The molecule has 5 rings (SSSR count). The molecule has 3 fully saturated rings. The van der Waals surface area contributed by atoms with E-state index < -0.39 is 15.8 Å². The van der Waals surface area contributed by atoms with Crippen LogP contribution in [0.5, 0.6) is 5.88 Å². The van der Waals surface area contributed by atoms with Crippen LogP contribution < -0.4 is 10.1 Å². The highest BCUT2D eigenvalue weighted by Gasteiger charge is 2.41. The van der Waals surface area contributed by atoms with Crippen LogP contribution in [0.15, 0.2) is 35.5 Å². The van der Waals surface area contributed by atoms with E-state index in [9.17, 15) is 13.2 Å². The smallest absolute Gasteiger partial charge is 0.233 e. The Kier molecular flexibility index (Phi) is 6.57. The summed E-state index contributed by atoms with van der Waals surface area (Å²) in [5.74, 6) is 0.789. The summed E-state index contributed by atoms with van der Waals surface area (Å²) in [7, 11) is -1.78. The van der Waals surface area contributed by atoms with Gasteiger partial charge in [0, 0.05) is 13.2 Å². The van der Waals surface area contributed by atoms with E-state index in [4.69, 9.17) is 9.47 Å². The average Bonchev–Trinajstić information content (AvgIpc) is 3.76. The molecular weight excluding hydrogens is 454 g/mol. The van der Waals surface area contributed by atoms with Crippen LogP contribution in [-0.4, -0.2) is 49.9 Å². The molecule has 182 valence electrons. The van der Waals surface area contributed by atoms with E-state index >= 15 is 0 Å². The Balaban J connectivity index is 1.45. The van der Waals surface area contributed by atoms with Crippen LogP contribution in [0.4, 0.5) is 5.82 Å². The number of nitrogens with zero attached hydrogens (tertiary/aromatic N) is 2. The number of nitrogens with one attached hydrogen (secondary N) is 1. The SMILES string of the molecule is COc1cnc(NC(=O)[C@H](CC2CCOCC2)c2ccc(S(=O)(=O)C3CC3)c(C3CC3)c2)cn1. The molecule has 1 aliphatic heterocycles. The number of hydrogen-bond donors (Lipinski definition) is 1. The highest BCUT2D eigenvalue weighted by molar-refractivity contribution is 7.92. The number of ether oxygens (including phenoxy) is 2. The van der Waals surface area contributed by atoms with Crippen LogP contribution >= 0.6 is 0 Å². The molecule has 2 aromatic rings. The molecule has 2 heterocycles. The minimum atomic E-state index is -3.29. The number of methoxy groups -OCH3 is 1. The lowest BCUT2D eigenvalue weighted by molar-refractivity contribution is -0.118. The van der Waals surface area contributed by atoms with Crippen LogP contribution in [0.25, 0.3) is 0 Å². The number of amides is 1. The predicted molar refractivity (Wildman–Crippen MR) is 127 cm³/mol. The summed E-state index contributed by atoms with van der Waals surface area (Å²) in [5.41, 5.74) is 1.75. The number of sulfone groups is 1. The third-order valence-electron chi connectivity index (χ3n) is 7.04. The molecule has 1 saturated heterocycles. The maximum atomic E-state index is 13.5. The zero-order valence-electron chi connectivity index (χ0n) is 19.4. The largest absolute Gasteiger partial charge is 0.480 e. The number of rotatable bonds is 9. The van der Waals surface area contributed by atoms with Gasteiger partial charge in [-0.05, 0) is 74.0 Å². The van der Waals surface area contributed by atoms with Crippen LogP contribution in [0.2, 0.25) is 0 Å². The number of benzene rings is 1. The number of carbonyl (C=O) groups excluding carboxylic acids is 1. The normalized spacial score (nSPS) is 20.0. The lowest BCUT2D eigenvalue weighted by Crippen LogP contribution is -2.26. The molecule has 0 unspecified atom stereocenters. The third kappa shape index (κ3) is 5.10. The first-order valence-electron chi connectivity index (χ1n) is 12.1. The molecule has 0 spiro atoms. The maximum Gasteiger partial charge on any atom is 0.233 e. The summed E-state index contributed by atoms with van der Waals surface area (Å²) in [6, 6.07) is 5.56. The molecule has 2 aliphatic carbocycles. The van der Waals surface area contributed by atoms with Crippen molar-refractivity contribution in [3.8, 4) is 5.88 Å². The molecule has 1 aromatic heterocycles. The van der Waals surface area contributed by atoms with E-state index in [1.54, 1.807) is 6.07 Å². The van der Waals surface area contributed by atoms with Gasteiger partial charge in [-0.2, -0.15) is 0 Å². The summed E-state index contributed by atoms with van der Waals surface area (Å²) < 4.78 is 36.7. The molecule has 0 radical (unpaired) electrons. The van der Waals surface area contributed by atoms with Crippen molar-refractivity contribution in [3.05, 3.63) is 41.7 Å². The highest BCUT2D eigenvalue weighted by atomic mass is 32.2. The molecule has 9 heteroatoms. The Morgan fingerprint density at radius 1 is 1.12 bits per heavy atom. The van der Waals surface area contributed by atoms with E-state index in [2.05, 4.69) is 15.3 Å². The van der Waals surface area contributed by atoms with Gasteiger partial charge < -0.3 is 14.8 Å². The van der Waals surface area contributed by atoms with Gasteiger partial charge in [0.25, 0.3) is 0 Å². The van der Waals surface area contributed by atoms with Crippen molar-refractivity contribution in [2.45, 2.75) is 66.9 Å². The zero-order valence-corrected chi connectivity index (χ0v) is 20.2. The van der Waals surface area contributed by atoms with E-state index in [1.807, 2.05) is 12.1 Å². The highest BCUT2D eigenvalue weighted by Crippen LogP contribution is 2.46. The van der Waals surface area contributed by atoms with Crippen molar-refractivity contribution in [1.29, 1.82) is 0 Å². The number of hydrogen-bond acceptors (Lipinski definition) is 7. The third-order valence-corrected chi connectivity index (χ3v) is 9.37. The first kappa shape index (κ1) is 23.2. The first-order valence-corrected chi connectivity index (χ1v) is 13.6. The van der Waals surface area contributed by atoms with Crippen molar-refractivity contribution < 1.29 is 22.7 Å². The van der Waals surface area contributed by atoms with Gasteiger partial charge >= 0.3 is 0 Å². The molecule has 1 aromatic carbocycles. The average molecular weight is 486 g/mol. The zero-order chi connectivity index (χ0) is 23.7. The van der Waals surface area contributed by atoms with Gasteiger partial charge in [0.2, 0.25) is 11.8 Å². The molecule has 1 N–H and O–H groups in total. The second-order valence-corrected chi connectivity index (χ2v) is 11.8. The quantitative estimate of drug-likeness (QED) is 0.575. The molecule has 0 bridgehead atoms. The van der Waals surface area contributed by atoms with Crippen molar-refractivity contribution >= 4 is 21.6 Å². The van der Waals surface area contributed by atoms with Crippen molar-refractivity contribution in [1.82, 2.24) is 9.97 Å². The summed E-state index contributed by atoms with van der Waals surface area (Å²) in [6.45, 7) is 1.41. The minimum absolute atomic E-state index is 0.162. The Hall–Kier alpha value is -2.52. The molecule has 3 aliphatic rings. The van der Waals surface area contributed by atoms with E-state index in [-0.39, 0.29) is 17.1 Å². The van der Waals surface area contributed by atoms with Crippen LogP contribution in [0.1, 0.15) is 67.9 Å². The second kappa shape index (κ2) is 9.62. The predicted octanol–water partition coefficient (Wildman–Crippen LogP) is 3.84. The van der Waals surface area contributed by atoms with Gasteiger partial charge in [-0.25, -0.2) is 18.4 Å². The number of anilines is 1. The molecule has 1 atom stereocenters. The van der Waals surface area contributed by atoms with Crippen LogP contribution in [-0.2, 0) is 19.4 Å². The van der Waals surface area contributed by atoms with E-state index in [0.29, 0.717) is 42.1 Å². The molecule has 2 saturated carbocycles. The van der Waals surface area contributed by atoms with Crippen molar-refractivity contribution in [3.63, 3.8) is 0 Å². The monoisotopic (exact) mass is 485 g/mol. The van der Waals surface area contributed by atoms with E-state index in [0.717, 1.165) is 49.7 Å². The van der Waals surface area contributed by atoms with Crippen LogP contribution in [0.3, 0.4) is 0 Å². The fraction of sp³-hybridized carbons (Fsp3) is 0.560. The van der Waals surface area contributed by atoms with Crippen molar-refractivity contribution in [2.75, 3.05) is 25.6 Å². The Morgan fingerprint density at radius 2 is 1.88 bits per heavy atom. The van der Waals surface area contributed by atoms with Crippen LogP contribution in [0, 0.1) is 5.92 Å². The fourth-order valence-corrected chi connectivity index (χ4v) is 6.65. The molecule has 8 nitrogen and oxygen atoms in total. The summed E-state index contributed by atoms with van der Waals surface area (Å²) in [4.78, 5) is 22.3. The Labute approximate surface area is 200 Å². The van der Waals surface area contributed by atoms with Gasteiger partial charge in [-0.1, -0.05) is 12.1 Å². The summed E-state index contributed by atoms with van der Waals surface area (Å²) in [5, 5.41) is 2.66. The number of aromatic nitrogens is 2. The van der Waals surface area contributed by atoms with Gasteiger partial charge in [-0.3, -0.25) is 4.79 Å². The first-order chi connectivity index (χ1) is 16.5. The summed E-state index contributed by atoms with van der Waals surface area (Å²) >= 11 is 0.